The van der Waals surface area contributed by atoms with E-state index in [0.29, 0.717) is 32.9 Å². The van der Waals surface area contributed by atoms with Gasteiger partial charge in [0.2, 0.25) is 0 Å². The highest BCUT2D eigenvalue weighted by molar-refractivity contribution is 7.80. The standard InChI is InChI=1S/C15H10Cl4S.C2H6/c16-12-3-1-9(7-14(12)18)5-11(20)6-10-2-4-13(17)15(19)8-10;1-2/h1-4,7-8H,5-6H2;1-2H3. The Hall–Kier alpha value is -0.310. The minimum Gasteiger partial charge on any atom is -0.0890 e. The fourth-order valence-electron chi connectivity index (χ4n) is 1.82. The summed E-state index contributed by atoms with van der Waals surface area (Å²) in [7, 11) is 0. The van der Waals surface area contributed by atoms with Gasteiger partial charge in [-0.05, 0) is 35.4 Å². The molecule has 0 aliphatic carbocycles. The molecule has 0 aliphatic heterocycles. The molecule has 2 aromatic carbocycles. The van der Waals surface area contributed by atoms with Gasteiger partial charge in [0.15, 0.2) is 0 Å². The lowest BCUT2D eigenvalue weighted by molar-refractivity contribution is 1.25. The van der Waals surface area contributed by atoms with Gasteiger partial charge in [0.05, 0.1) is 20.1 Å². The third-order valence-electron chi connectivity index (χ3n) is 2.77. The fraction of sp³-hybridized carbons (Fsp3) is 0.235. The molecule has 0 aliphatic rings. The summed E-state index contributed by atoms with van der Waals surface area (Å²) < 4.78 is 0. The predicted octanol–water partition coefficient (Wildman–Crippen LogP) is 7.48. The van der Waals surface area contributed by atoms with Crippen LogP contribution < -0.4 is 0 Å². The first-order chi connectivity index (χ1) is 10.5. The number of hydrogen-bond acceptors (Lipinski definition) is 1. The second kappa shape index (κ2) is 9.75. The molecule has 22 heavy (non-hydrogen) atoms. The average Bonchev–Trinajstić information content (AvgIpc) is 2.49. The average molecular weight is 394 g/mol. The maximum atomic E-state index is 5.99. The lowest BCUT2D eigenvalue weighted by Gasteiger charge is -2.07. The van der Waals surface area contributed by atoms with Crippen molar-refractivity contribution in [1.82, 2.24) is 0 Å². The molecule has 0 nitrogen and oxygen atoms in total. The van der Waals surface area contributed by atoms with Gasteiger partial charge in [0.25, 0.3) is 0 Å². The van der Waals surface area contributed by atoms with E-state index in [9.17, 15) is 0 Å². The van der Waals surface area contributed by atoms with Crippen LogP contribution in [0.2, 0.25) is 20.1 Å². The van der Waals surface area contributed by atoms with Crippen LogP contribution in [-0.4, -0.2) is 4.86 Å². The van der Waals surface area contributed by atoms with E-state index < -0.39 is 0 Å². The first kappa shape index (κ1) is 19.7. The number of halogens is 4. The van der Waals surface area contributed by atoms with Crippen LogP contribution in [0.4, 0.5) is 0 Å². The van der Waals surface area contributed by atoms with Gasteiger partial charge in [0.1, 0.15) is 0 Å². The first-order valence-corrected chi connectivity index (χ1v) is 8.77. The van der Waals surface area contributed by atoms with Crippen molar-refractivity contribution in [2.24, 2.45) is 0 Å². The summed E-state index contributed by atoms with van der Waals surface area (Å²) in [5.74, 6) is 0. The lowest BCUT2D eigenvalue weighted by Crippen LogP contribution is -2.04. The first-order valence-electron chi connectivity index (χ1n) is 6.85. The van der Waals surface area contributed by atoms with Crippen LogP contribution in [0.25, 0.3) is 0 Å². The zero-order chi connectivity index (χ0) is 16.7. The number of rotatable bonds is 4. The summed E-state index contributed by atoms with van der Waals surface area (Å²) in [6, 6.07) is 11.1. The number of hydrogen-bond donors (Lipinski definition) is 0. The van der Waals surface area contributed by atoms with Crippen molar-refractivity contribution >= 4 is 63.5 Å². The van der Waals surface area contributed by atoms with Gasteiger partial charge in [-0.25, -0.2) is 0 Å². The minimum atomic E-state index is 0.543. The molecule has 0 heterocycles. The van der Waals surface area contributed by atoms with Crippen LogP contribution in [0, 0.1) is 0 Å². The van der Waals surface area contributed by atoms with Gasteiger partial charge < -0.3 is 0 Å². The van der Waals surface area contributed by atoms with Crippen molar-refractivity contribution in [1.29, 1.82) is 0 Å². The van der Waals surface area contributed by atoms with E-state index in [1.165, 1.54) is 0 Å². The Balaban J connectivity index is 0.00000116. The van der Waals surface area contributed by atoms with Gasteiger partial charge in [-0.1, -0.05) is 84.6 Å². The van der Waals surface area contributed by atoms with E-state index >= 15 is 0 Å². The summed E-state index contributed by atoms with van der Waals surface area (Å²) >= 11 is 29.2. The van der Waals surface area contributed by atoms with Gasteiger partial charge in [-0.3, -0.25) is 0 Å². The topological polar surface area (TPSA) is 0 Å². The van der Waals surface area contributed by atoms with E-state index in [2.05, 4.69) is 0 Å². The Kier molecular flexibility index (Phi) is 8.74. The fourth-order valence-corrected chi connectivity index (χ4v) is 2.79. The maximum Gasteiger partial charge on any atom is 0.0595 e. The summed E-state index contributed by atoms with van der Waals surface area (Å²) in [4.78, 5) is 0.904. The molecule has 0 bridgehead atoms. The van der Waals surface area contributed by atoms with E-state index in [0.717, 1.165) is 16.0 Å². The Morgan fingerprint density at radius 2 is 1.09 bits per heavy atom. The Morgan fingerprint density at radius 3 is 1.41 bits per heavy atom. The molecular formula is C17H16Cl4S. The molecule has 0 atom stereocenters. The Labute approximate surface area is 157 Å². The smallest absolute Gasteiger partial charge is 0.0595 e. The van der Waals surface area contributed by atoms with E-state index in [1.807, 2.05) is 38.1 Å². The molecule has 0 radical (unpaired) electrons. The highest BCUT2D eigenvalue weighted by atomic mass is 35.5. The highest BCUT2D eigenvalue weighted by Crippen LogP contribution is 2.25. The SMILES string of the molecule is CC.S=C(Cc1ccc(Cl)c(Cl)c1)Cc1ccc(Cl)c(Cl)c1. The molecule has 0 spiro atoms. The molecule has 2 rings (SSSR count). The summed E-state index contributed by atoms with van der Waals surface area (Å²) in [6.45, 7) is 4.00. The van der Waals surface area contributed by atoms with Crippen LogP contribution in [0.15, 0.2) is 36.4 Å². The highest BCUT2D eigenvalue weighted by Gasteiger charge is 2.06. The van der Waals surface area contributed by atoms with Crippen molar-refractivity contribution in [3.05, 3.63) is 67.6 Å². The zero-order valence-corrected chi connectivity index (χ0v) is 16.1. The van der Waals surface area contributed by atoms with E-state index in [4.69, 9.17) is 58.6 Å². The normalized spacial score (nSPS) is 9.91. The van der Waals surface area contributed by atoms with Gasteiger partial charge in [-0.2, -0.15) is 0 Å². The number of benzene rings is 2. The molecule has 0 saturated heterocycles. The van der Waals surface area contributed by atoms with Crippen LogP contribution >= 0.6 is 58.6 Å². The van der Waals surface area contributed by atoms with Crippen LogP contribution in [-0.2, 0) is 12.8 Å². The molecular weight excluding hydrogens is 378 g/mol. The van der Waals surface area contributed by atoms with Crippen LogP contribution in [0.5, 0.6) is 0 Å². The lowest BCUT2D eigenvalue weighted by atomic mass is 10.0. The molecule has 0 N–H and O–H groups in total. The summed E-state index contributed by atoms with van der Waals surface area (Å²) in [5.41, 5.74) is 2.09. The van der Waals surface area contributed by atoms with Crippen molar-refractivity contribution in [2.75, 3.05) is 0 Å². The molecule has 0 aromatic heterocycles. The molecule has 0 saturated carbocycles. The zero-order valence-electron chi connectivity index (χ0n) is 12.3. The van der Waals surface area contributed by atoms with Crippen molar-refractivity contribution < 1.29 is 0 Å². The second-order valence-corrected chi connectivity index (χ2v) is 6.60. The van der Waals surface area contributed by atoms with E-state index in [1.54, 1.807) is 12.1 Å². The van der Waals surface area contributed by atoms with Gasteiger partial charge >= 0.3 is 0 Å². The molecule has 5 heteroatoms. The molecule has 0 unspecified atom stereocenters. The predicted molar refractivity (Wildman–Crippen MR) is 104 cm³/mol. The van der Waals surface area contributed by atoms with Crippen molar-refractivity contribution in [3.63, 3.8) is 0 Å². The summed E-state index contributed by atoms with van der Waals surface area (Å²) in [6.07, 6.45) is 1.35. The molecule has 2 aromatic rings. The quantitative estimate of drug-likeness (QED) is 0.485. The van der Waals surface area contributed by atoms with Gasteiger partial charge in [-0.15, -0.1) is 0 Å². The Bertz CT molecular complexity index is 598. The maximum absolute atomic E-state index is 5.99. The van der Waals surface area contributed by atoms with Gasteiger partial charge in [0, 0.05) is 17.7 Å². The van der Waals surface area contributed by atoms with E-state index in [-0.39, 0.29) is 0 Å². The largest absolute Gasteiger partial charge is 0.0890 e. The Morgan fingerprint density at radius 1 is 0.727 bits per heavy atom. The molecule has 0 fully saturated rings. The minimum absolute atomic E-state index is 0.543. The van der Waals surface area contributed by atoms with Crippen LogP contribution in [0.3, 0.4) is 0 Å². The summed E-state index contributed by atoms with van der Waals surface area (Å²) in [5, 5.41) is 2.18. The molecule has 118 valence electrons. The molecule has 0 amide bonds. The third-order valence-corrected chi connectivity index (χ3v) is 4.54. The van der Waals surface area contributed by atoms with Crippen molar-refractivity contribution in [3.8, 4) is 0 Å². The monoisotopic (exact) mass is 392 g/mol. The third kappa shape index (κ3) is 6.06. The van der Waals surface area contributed by atoms with Crippen molar-refractivity contribution in [2.45, 2.75) is 26.7 Å². The van der Waals surface area contributed by atoms with Crippen LogP contribution in [0.1, 0.15) is 25.0 Å². The second-order valence-electron chi connectivity index (χ2n) is 4.39. The number of thiocarbonyl (C=S) groups is 1.